The van der Waals surface area contributed by atoms with E-state index in [1.807, 2.05) is 0 Å². The third kappa shape index (κ3) is 3.49. The second-order valence-electron chi connectivity index (χ2n) is 3.13. The molecule has 0 saturated heterocycles. The van der Waals surface area contributed by atoms with E-state index < -0.39 is 27.0 Å². The SMILES string of the molecule is FC(F)(F)c1cc(CBr)cc(I)c1C(F)(F)F. The number of hydrogen-bond acceptors (Lipinski definition) is 0. The third-order valence-corrected chi connectivity index (χ3v) is 3.39. The first-order valence-electron chi connectivity index (χ1n) is 4.10. The third-order valence-electron chi connectivity index (χ3n) is 1.89. The van der Waals surface area contributed by atoms with Crippen molar-refractivity contribution in [3.63, 3.8) is 0 Å². The first-order chi connectivity index (χ1) is 7.57. The molecule has 0 amide bonds. The van der Waals surface area contributed by atoms with Gasteiger partial charge in [-0.1, -0.05) is 15.9 Å². The van der Waals surface area contributed by atoms with Gasteiger partial charge in [-0.05, 0) is 40.3 Å². The molecular weight excluding hydrogens is 429 g/mol. The Morgan fingerprint density at radius 3 is 1.88 bits per heavy atom. The van der Waals surface area contributed by atoms with E-state index in [-0.39, 0.29) is 10.9 Å². The number of halogens is 8. The van der Waals surface area contributed by atoms with Crippen molar-refractivity contribution in [1.82, 2.24) is 0 Å². The summed E-state index contributed by atoms with van der Waals surface area (Å²) in [5, 5.41) is 0.0597. The molecule has 17 heavy (non-hydrogen) atoms. The Kier molecular flexibility index (Phi) is 4.38. The van der Waals surface area contributed by atoms with Crippen molar-refractivity contribution in [3.05, 3.63) is 32.4 Å². The van der Waals surface area contributed by atoms with E-state index in [0.29, 0.717) is 6.07 Å². The molecule has 0 saturated carbocycles. The molecule has 0 aliphatic rings. The van der Waals surface area contributed by atoms with Crippen LogP contribution in [0.5, 0.6) is 0 Å². The van der Waals surface area contributed by atoms with Gasteiger partial charge in [-0.15, -0.1) is 0 Å². The molecule has 0 spiro atoms. The van der Waals surface area contributed by atoms with E-state index in [9.17, 15) is 26.3 Å². The van der Waals surface area contributed by atoms with Gasteiger partial charge in [0.1, 0.15) is 0 Å². The predicted molar refractivity (Wildman–Crippen MR) is 61.8 cm³/mol. The van der Waals surface area contributed by atoms with Crippen LogP contribution < -0.4 is 0 Å². The van der Waals surface area contributed by atoms with Gasteiger partial charge >= 0.3 is 12.4 Å². The van der Waals surface area contributed by atoms with Crippen molar-refractivity contribution in [3.8, 4) is 0 Å². The fourth-order valence-corrected chi connectivity index (χ4v) is 2.57. The number of alkyl halides is 7. The molecule has 8 heteroatoms. The van der Waals surface area contributed by atoms with Gasteiger partial charge in [0.25, 0.3) is 0 Å². The molecule has 0 unspecified atom stereocenters. The van der Waals surface area contributed by atoms with Crippen LogP contribution in [0.4, 0.5) is 26.3 Å². The molecule has 1 aromatic carbocycles. The highest BCUT2D eigenvalue weighted by atomic mass is 127. The van der Waals surface area contributed by atoms with Crippen LogP contribution in [-0.2, 0) is 17.7 Å². The molecule has 0 aliphatic carbocycles. The minimum atomic E-state index is -5.02. The summed E-state index contributed by atoms with van der Waals surface area (Å²) in [4.78, 5) is 0. The Morgan fingerprint density at radius 1 is 1.00 bits per heavy atom. The topological polar surface area (TPSA) is 0 Å². The molecule has 0 fully saturated rings. The highest BCUT2D eigenvalue weighted by Gasteiger charge is 2.44. The van der Waals surface area contributed by atoms with Crippen molar-refractivity contribution in [1.29, 1.82) is 0 Å². The standard InChI is InChI=1S/C9H4BrF6I/c10-3-4-1-5(8(11,12)13)7(6(17)2-4)9(14,15)16/h1-2H,3H2. The highest BCUT2D eigenvalue weighted by Crippen LogP contribution is 2.43. The zero-order chi connectivity index (χ0) is 13.4. The fraction of sp³-hybridized carbons (Fsp3) is 0.333. The Balaban J connectivity index is 3.58. The molecule has 0 N–H and O–H groups in total. The molecule has 0 aliphatic heterocycles. The van der Waals surface area contributed by atoms with Gasteiger partial charge in [-0.2, -0.15) is 26.3 Å². The highest BCUT2D eigenvalue weighted by molar-refractivity contribution is 14.1. The van der Waals surface area contributed by atoms with Gasteiger partial charge < -0.3 is 0 Å². The fourth-order valence-electron chi connectivity index (χ4n) is 1.25. The van der Waals surface area contributed by atoms with Gasteiger partial charge in [-0.3, -0.25) is 0 Å². The van der Waals surface area contributed by atoms with E-state index in [1.54, 1.807) is 0 Å². The van der Waals surface area contributed by atoms with Crippen LogP contribution >= 0.6 is 38.5 Å². The summed E-state index contributed by atoms with van der Waals surface area (Å²) >= 11 is 4.18. The lowest BCUT2D eigenvalue weighted by Crippen LogP contribution is -2.18. The zero-order valence-corrected chi connectivity index (χ0v) is 11.6. The lowest BCUT2D eigenvalue weighted by Gasteiger charge is -2.18. The molecule has 0 bridgehead atoms. The van der Waals surface area contributed by atoms with E-state index in [0.717, 1.165) is 6.07 Å². The average molecular weight is 433 g/mol. The predicted octanol–water partition coefficient (Wildman–Crippen LogP) is 5.22. The first-order valence-corrected chi connectivity index (χ1v) is 6.30. The van der Waals surface area contributed by atoms with Crippen molar-refractivity contribution >= 4 is 38.5 Å². The van der Waals surface area contributed by atoms with Crippen LogP contribution in [0.15, 0.2) is 12.1 Å². The maximum absolute atomic E-state index is 12.6. The summed E-state index contributed by atoms with van der Waals surface area (Å²) in [5.74, 6) is 0. The summed E-state index contributed by atoms with van der Waals surface area (Å²) in [5.41, 5.74) is -3.13. The average Bonchev–Trinajstić information content (AvgIpc) is 2.12. The second-order valence-corrected chi connectivity index (χ2v) is 4.85. The normalized spacial score (nSPS) is 12.9. The van der Waals surface area contributed by atoms with Gasteiger partial charge in [-0.25, -0.2) is 0 Å². The monoisotopic (exact) mass is 432 g/mol. The van der Waals surface area contributed by atoms with Crippen molar-refractivity contribution in [2.45, 2.75) is 17.7 Å². The van der Waals surface area contributed by atoms with Crippen LogP contribution in [0.1, 0.15) is 16.7 Å². The van der Waals surface area contributed by atoms with E-state index in [1.165, 1.54) is 22.6 Å². The summed E-state index contributed by atoms with van der Waals surface area (Å²) in [6, 6.07) is 1.59. The molecule has 0 nitrogen and oxygen atoms in total. The minimum Gasteiger partial charge on any atom is -0.166 e. The Morgan fingerprint density at radius 2 is 1.53 bits per heavy atom. The molecular formula is C9H4BrF6I. The largest absolute Gasteiger partial charge is 0.418 e. The van der Waals surface area contributed by atoms with Crippen LogP contribution in [0.2, 0.25) is 0 Å². The van der Waals surface area contributed by atoms with Crippen LogP contribution in [0.3, 0.4) is 0 Å². The van der Waals surface area contributed by atoms with Crippen molar-refractivity contribution in [2.24, 2.45) is 0 Å². The van der Waals surface area contributed by atoms with Crippen molar-refractivity contribution < 1.29 is 26.3 Å². The van der Waals surface area contributed by atoms with E-state index in [2.05, 4.69) is 15.9 Å². The van der Waals surface area contributed by atoms with Crippen LogP contribution in [0, 0.1) is 3.57 Å². The number of rotatable bonds is 1. The maximum atomic E-state index is 12.6. The molecule has 1 rings (SSSR count). The summed E-state index contributed by atoms with van der Waals surface area (Å²) in [6.07, 6.45) is -10.0. The summed E-state index contributed by atoms with van der Waals surface area (Å²) in [6.45, 7) is 0. The lowest BCUT2D eigenvalue weighted by atomic mass is 10.0. The zero-order valence-electron chi connectivity index (χ0n) is 7.89. The lowest BCUT2D eigenvalue weighted by molar-refractivity contribution is -0.162. The number of benzene rings is 1. The Bertz CT molecular complexity index is 423. The summed E-state index contributed by atoms with van der Waals surface area (Å²) < 4.78 is 74.9. The minimum absolute atomic E-state index is 0.0597. The maximum Gasteiger partial charge on any atom is 0.418 e. The Hall–Kier alpha value is 0.01000. The van der Waals surface area contributed by atoms with Crippen molar-refractivity contribution in [2.75, 3.05) is 0 Å². The van der Waals surface area contributed by atoms with Gasteiger partial charge in [0.2, 0.25) is 0 Å². The Labute approximate surface area is 115 Å². The second kappa shape index (κ2) is 4.94. The molecule has 96 valence electrons. The van der Waals surface area contributed by atoms with Gasteiger partial charge in [0.15, 0.2) is 0 Å². The van der Waals surface area contributed by atoms with Gasteiger partial charge in [0, 0.05) is 8.90 Å². The van der Waals surface area contributed by atoms with Crippen LogP contribution in [0.25, 0.3) is 0 Å². The summed E-state index contributed by atoms with van der Waals surface area (Å²) in [7, 11) is 0. The van der Waals surface area contributed by atoms with Crippen LogP contribution in [-0.4, -0.2) is 0 Å². The van der Waals surface area contributed by atoms with E-state index >= 15 is 0 Å². The smallest absolute Gasteiger partial charge is 0.166 e. The molecule has 0 heterocycles. The molecule has 0 aromatic heterocycles. The van der Waals surface area contributed by atoms with E-state index in [4.69, 9.17) is 0 Å². The molecule has 0 radical (unpaired) electrons. The van der Waals surface area contributed by atoms with Gasteiger partial charge in [0.05, 0.1) is 11.1 Å². The molecule has 0 atom stereocenters. The number of hydrogen-bond donors (Lipinski definition) is 0. The quantitative estimate of drug-likeness (QED) is 0.324. The first kappa shape index (κ1) is 15.1. The molecule has 1 aromatic rings.